The number of hydrogen-bond acceptors (Lipinski definition) is 6. The van der Waals surface area contributed by atoms with Crippen molar-refractivity contribution in [1.82, 2.24) is 19.5 Å². The van der Waals surface area contributed by atoms with Gasteiger partial charge in [-0.3, -0.25) is 9.36 Å². The van der Waals surface area contributed by atoms with Crippen LogP contribution in [0.3, 0.4) is 0 Å². The number of aromatic nitrogens is 4. The molecule has 0 radical (unpaired) electrons. The summed E-state index contributed by atoms with van der Waals surface area (Å²) in [6.45, 7) is 3.65. The third-order valence-electron chi connectivity index (χ3n) is 4.69. The summed E-state index contributed by atoms with van der Waals surface area (Å²) in [5, 5.41) is 4.16. The second kappa shape index (κ2) is 7.13. The molecule has 1 saturated carbocycles. The van der Waals surface area contributed by atoms with Crippen LogP contribution >= 0.6 is 11.6 Å². The molecule has 1 aromatic carbocycles. The second-order valence-electron chi connectivity index (χ2n) is 6.73. The normalized spacial score (nSPS) is 14.4. The van der Waals surface area contributed by atoms with Crippen molar-refractivity contribution in [3.8, 4) is 11.8 Å². The molecule has 1 aliphatic carbocycles. The monoisotopic (exact) mass is 394 g/mol. The molecule has 7 nitrogen and oxygen atoms in total. The van der Waals surface area contributed by atoms with Crippen molar-refractivity contribution in [3.63, 3.8) is 0 Å². The zero-order chi connectivity index (χ0) is 19.8. The molecule has 2 heterocycles. The van der Waals surface area contributed by atoms with Gasteiger partial charge in [0.1, 0.15) is 29.4 Å². The maximum Gasteiger partial charge on any atom is 0.263 e. The number of rotatable bonds is 4. The smallest absolute Gasteiger partial charge is 0.263 e. The van der Waals surface area contributed by atoms with Crippen LogP contribution in [0.2, 0.25) is 5.02 Å². The lowest BCUT2D eigenvalue weighted by Gasteiger charge is -2.20. The lowest BCUT2D eigenvalue weighted by Crippen LogP contribution is -2.28. The largest absolute Gasteiger partial charge is 0.382 e. The molecule has 1 atom stereocenters. The highest BCUT2D eigenvalue weighted by molar-refractivity contribution is 6.35. The maximum absolute atomic E-state index is 13.2. The van der Waals surface area contributed by atoms with Crippen LogP contribution in [0.25, 0.3) is 10.9 Å². The van der Waals surface area contributed by atoms with Crippen LogP contribution in [0.5, 0.6) is 0 Å². The van der Waals surface area contributed by atoms with Crippen LogP contribution in [0.4, 0.5) is 11.6 Å². The van der Waals surface area contributed by atoms with Gasteiger partial charge >= 0.3 is 0 Å². The zero-order valence-corrected chi connectivity index (χ0v) is 16.3. The van der Waals surface area contributed by atoms with Gasteiger partial charge in [-0.1, -0.05) is 23.6 Å². The van der Waals surface area contributed by atoms with Crippen molar-refractivity contribution in [2.45, 2.75) is 38.8 Å². The quantitative estimate of drug-likeness (QED) is 0.659. The SMILES string of the molecule is CC#Cc1c(N)ncnc1N[C@@H](C)c1nc2cccc(Cl)c2c(=O)n1C1CC1. The van der Waals surface area contributed by atoms with Gasteiger partial charge < -0.3 is 11.1 Å². The molecule has 8 heteroatoms. The lowest BCUT2D eigenvalue weighted by molar-refractivity contribution is 0.609. The highest BCUT2D eigenvalue weighted by atomic mass is 35.5. The first-order valence-electron chi connectivity index (χ1n) is 9.01. The van der Waals surface area contributed by atoms with Crippen molar-refractivity contribution in [2.75, 3.05) is 11.1 Å². The molecule has 0 aliphatic heterocycles. The molecule has 0 spiro atoms. The first-order valence-corrected chi connectivity index (χ1v) is 9.39. The van der Waals surface area contributed by atoms with Crippen molar-refractivity contribution < 1.29 is 0 Å². The number of nitrogen functional groups attached to an aromatic ring is 1. The number of anilines is 2. The highest BCUT2D eigenvalue weighted by Gasteiger charge is 2.30. The van der Waals surface area contributed by atoms with Gasteiger partial charge in [0.2, 0.25) is 0 Å². The van der Waals surface area contributed by atoms with Gasteiger partial charge in [-0.25, -0.2) is 15.0 Å². The third-order valence-corrected chi connectivity index (χ3v) is 5.00. The molecule has 0 unspecified atom stereocenters. The predicted octanol–water partition coefficient (Wildman–Crippen LogP) is 3.30. The average molecular weight is 395 g/mol. The van der Waals surface area contributed by atoms with Crippen molar-refractivity contribution in [3.05, 3.63) is 51.3 Å². The van der Waals surface area contributed by atoms with E-state index in [0.717, 1.165) is 12.8 Å². The van der Waals surface area contributed by atoms with E-state index in [1.807, 2.05) is 6.92 Å². The van der Waals surface area contributed by atoms with Gasteiger partial charge in [-0.2, -0.15) is 0 Å². The fourth-order valence-electron chi connectivity index (χ4n) is 3.24. The van der Waals surface area contributed by atoms with E-state index < -0.39 is 0 Å². The molecule has 3 aromatic rings. The van der Waals surface area contributed by atoms with E-state index in [0.29, 0.717) is 38.9 Å². The fourth-order valence-corrected chi connectivity index (χ4v) is 3.49. The summed E-state index contributed by atoms with van der Waals surface area (Å²) in [7, 11) is 0. The highest BCUT2D eigenvalue weighted by Crippen LogP contribution is 2.37. The zero-order valence-electron chi connectivity index (χ0n) is 15.5. The Morgan fingerprint density at radius 3 is 2.86 bits per heavy atom. The summed E-state index contributed by atoms with van der Waals surface area (Å²) in [4.78, 5) is 26.2. The van der Waals surface area contributed by atoms with Crippen molar-refractivity contribution in [1.29, 1.82) is 0 Å². The molecule has 28 heavy (non-hydrogen) atoms. The van der Waals surface area contributed by atoms with Gasteiger partial charge in [0.15, 0.2) is 0 Å². The average Bonchev–Trinajstić information content (AvgIpc) is 3.49. The molecule has 0 bridgehead atoms. The number of hydrogen-bond donors (Lipinski definition) is 2. The summed E-state index contributed by atoms with van der Waals surface area (Å²) < 4.78 is 1.75. The standard InChI is InChI=1S/C20H19ClN6O/c1-3-5-13-17(22)23-10-24-18(13)25-11(2)19-26-15-7-4-6-14(21)16(15)20(28)27(19)12-8-9-12/h4,6-7,10-12H,8-9H2,1-2H3,(H3,22,23,24,25)/t11-/m0/s1. The Balaban J connectivity index is 1.83. The topological polar surface area (TPSA) is 98.7 Å². The molecule has 0 amide bonds. The number of nitrogens with zero attached hydrogens (tertiary/aromatic N) is 4. The Bertz CT molecular complexity index is 1190. The van der Waals surface area contributed by atoms with Crippen LogP contribution in [-0.2, 0) is 0 Å². The maximum atomic E-state index is 13.2. The number of nitrogens with two attached hydrogens (primary N) is 1. The van der Waals surface area contributed by atoms with Crippen molar-refractivity contribution >= 4 is 34.1 Å². The van der Waals surface area contributed by atoms with E-state index in [1.54, 1.807) is 29.7 Å². The van der Waals surface area contributed by atoms with Crippen LogP contribution in [0.1, 0.15) is 50.2 Å². The summed E-state index contributed by atoms with van der Waals surface area (Å²) in [6, 6.07) is 5.15. The van der Waals surface area contributed by atoms with E-state index in [-0.39, 0.29) is 17.6 Å². The Morgan fingerprint density at radius 1 is 1.36 bits per heavy atom. The van der Waals surface area contributed by atoms with E-state index in [4.69, 9.17) is 22.3 Å². The summed E-state index contributed by atoms with van der Waals surface area (Å²) in [5.41, 5.74) is 6.94. The van der Waals surface area contributed by atoms with E-state index in [9.17, 15) is 4.79 Å². The Kier molecular flexibility index (Phi) is 4.65. The van der Waals surface area contributed by atoms with Crippen LogP contribution < -0.4 is 16.6 Å². The second-order valence-corrected chi connectivity index (χ2v) is 7.14. The molecule has 2 aromatic heterocycles. The lowest BCUT2D eigenvalue weighted by atomic mass is 10.2. The third kappa shape index (κ3) is 3.16. The van der Waals surface area contributed by atoms with Gasteiger partial charge in [0, 0.05) is 6.04 Å². The minimum Gasteiger partial charge on any atom is -0.382 e. The first kappa shape index (κ1) is 18.3. The van der Waals surface area contributed by atoms with E-state index >= 15 is 0 Å². The molecule has 142 valence electrons. The molecule has 4 rings (SSSR count). The first-order chi connectivity index (χ1) is 13.5. The Hall–Kier alpha value is -3.11. The van der Waals surface area contributed by atoms with Gasteiger partial charge in [-0.05, 0) is 38.8 Å². The van der Waals surface area contributed by atoms with E-state index in [2.05, 4.69) is 27.1 Å². The van der Waals surface area contributed by atoms with Gasteiger partial charge in [0.05, 0.1) is 22.0 Å². The summed E-state index contributed by atoms with van der Waals surface area (Å²) in [5.74, 6) is 7.20. The van der Waals surface area contributed by atoms with Gasteiger partial charge in [-0.15, -0.1) is 5.92 Å². The number of benzene rings is 1. The number of halogens is 1. The molecule has 0 saturated heterocycles. The summed E-state index contributed by atoms with van der Waals surface area (Å²) in [6.07, 6.45) is 3.28. The number of nitrogens with one attached hydrogen (secondary N) is 1. The number of fused-ring (bicyclic) bond motifs is 1. The molecular weight excluding hydrogens is 376 g/mol. The molecule has 1 aliphatic rings. The Labute approximate surface area is 167 Å². The minimum atomic E-state index is -0.302. The van der Waals surface area contributed by atoms with Crippen LogP contribution in [-0.4, -0.2) is 19.5 Å². The minimum absolute atomic E-state index is 0.113. The predicted molar refractivity (Wildman–Crippen MR) is 110 cm³/mol. The van der Waals surface area contributed by atoms with E-state index in [1.165, 1.54) is 6.33 Å². The van der Waals surface area contributed by atoms with Gasteiger partial charge in [0.25, 0.3) is 5.56 Å². The Morgan fingerprint density at radius 2 is 2.14 bits per heavy atom. The van der Waals surface area contributed by atoms with Crippen LogP contribution in [0, 0.1) is 11.8 Å². The summed E-state index contributed by atoms with van der Waals surface area (Å²) >= 11 is 6.28. The van der Waals surface area contributed by atoms with Crippen LogP contribution in [0.15, 0.2) is 29.3 Å². The fraction of sp³-hybridized carbons (Fsp3) is 0.300. The molecular formula is C20H19ClN6O. The molecule has 3 N–H and O–H groups in total. The molecule has 1 fully saturated rings. The van der Waals surface area contributed by atoms with Crippen molar-refractivity contribution in [2.24, 2.45) is 0 Å².